The molecule has 1 aliphatic heterocycles. The summed E-state index contributed by atoms with van der Waals surface area (Å²) >= 11 is 0. The Balaban J connectivity index is 2.99. The summed E-state index contributed by atoms with van der Waals surface area (Å²) in [5.41, 5.74) is 0.502. The number of hydrogen-bond acceptors (Lipinski definition) is 2. The largest absolute Gasteiger partial charge is 0.280 e. The van der Waals surface area contributed by atoms with Gasteiger partial charge in [-0.15, -0.1) is 0 Å². The molecule has 0 amide bonds. The summed E-state index contributed by atoms with van der Waals surface area (Å²) in [6.07, 6.45) is 4.54. The summed E-state index contributed by atoms with van der Waals surface area (Å²) < 4.78 is 23.7. The fourth-order valence-corrected chi connectivity index (χ4v) is 1.42. The van der Waals surface area contributed by atoms with Crippen LogP contribution >= 0.6 is 0 Å². The minimum absolute atomic E-state index is 0.502. The molecule has 0 aromatic carbocycles. The quantitative estimate of drug-likeness (QED) is 0.602. The van der Waals surface area contributed by atoms with Crippen LogP contribution in [0.4, 0.5) is 0 Å². The smallest absolute Gasteiger partial charge is 0.255 e. The summed E-state index contributed by atoms with van der Waals surface area (Å²) in [7, 11) is -3.21. The lowest BCUT2D eigenvalue weighted by molar-refractivity contribution is 0.598. The minimum atomic E-state index is -3.21. The summed E-state index contributed by atoms with van der Waals surface area (Å²) in [4.78, 5) is 0. The van der Waals surface area contributed by atoms with E-state index in [0.717, 1.165) is 5.41 Å². The maximum absolute atomic E-state index is 10.7. The Hall–Kier alpha value is -1.03. The van der Waals surface area contributed by atoms with Gasteiger partial charge in [-0.1, -0.05) is 6.58 Å². The van der Waals surface area contributed by atoms with Crippen molar-refractivity contribution in [3.8, 4) is 0 Å². The Kier molecular flexibility index (Phi) is 1.63. The number of nitrogens with one attached hydrogen (secondary N) is 1. The van der Waals surface area contributed by atoms with Crippen molar-refractivity contribution in [2.24, 2.45) is 0 Å². The van der Waals surface area contributed by atoms with E-state index in [2.05, 4.69) is 11.3 Å². The lowest BCUT2D eigenvalue weighted by Crippen LogP contribution is -2.21. The maximum Gasteiger partial charge on any atom is 0.255 e. The van der Waals surface area contributed by atoms with E-state index in [4.69, 9.17) is 0 Å². The molecular weight excluding hydrogens is 150 g/mol. The molecule has 0 saturated carbocycles. The van der Waals surface area contributed by atoms with Crippen LogP contribution in [0.3, 0.4) is 0 Å². The second-order valence-electron chi connectivity index (χ2n) is 1.80. The van der Waals surface area contributed by atoms with Crippen molar-refractivity contribution in [3.63, 3.8) is 0 Å². The zero-order valence-corrected chi connectivity index (χ0v) is 6.06. The first kappa shape index (κ1) is 7.08. The lowest BCUT2D eigenvalue weighted by Gasteiger charge is -2.06. The van der Waals surface area contributed by atoms with E-state index < -0.39 is 10.0 Å². The molecule has 0 bridgehead atoms. The summed E-state index contributed by atoms with van der Waals surface area (Å²) in [5, 5.41) is 1.10. The number of allylic oxidation sites excluding steroid dienone is 3. The van der Waals surface area contributed by atoms with Gasteiger partial charge in [-0.3, -0.25) is 4.72 Å². The van der Waals surface area contributed by atoms with Gasteiger partial charge in [0.15, 0.2) is 0 Å². The van der Waals surface area contributed by atoms with E-state index in [1.54, 1.807) is 6.08 Å². The van der Waals surface area contributed by atoms with Gasteiger partial charge in [-0.05, 0) is 18.2 Å². The fourth-order valence-electron chi connectivity index (χ4n) is 0.588. The Morgan fingerprint density at radius 1 is 1.60 bits per heavy atom. The fraction of sp³-hybridized carbons (Fsp3) is 0. The first-order valence-corrected chi connectivity index (χ1v) is 4.22. The topological polar surface area (TPSA) is 46.2 Å². The van der Waals surface area contributed by atoms with Crippen molar-refractivity contribution >= 4 is 10.0 Å². The van der Waals surface area contributed by atoms with Crippen molar-refractivity contribution in [1.82, 2.24) is 4.72 Å². The van der Waals surface area contributed by atoms with Crippen LogP contribution in [0.15, 0.2) is 35.9 Å². The lowest BCUT2D eigenvalue weighted by atomic mass is 10.4. The summed E-state index contributed by atoms with van der Waals surface area (Å²) in [5.74, 6) is 0. The van der Waals surface area contributed by atoms with Gasteiger partial charge in [0, 0.05) is 5.70 Å². The molecule has 1 N–H and O–H groups in total. The second-order valence-corrected chi connectivity index (χ2v) is 3.37. The van der Waals surface area contributed by atoms with Crippen LogP contribution in [0.25, 0.3) is 0 Å². The number of hydrogen-bond donors (Lipinski definition) is 1. The monoisotopic (exact) mass is 157 g/mol. The van der Waals surface area contributed by atoms with Gasteiger partial charge in [0.05, 0.1) is 5.41 Å². The highest BCUT2D eigenvalue weighted by Gasteiger charge is 2.07. The molecule has 0 fully saturated rings. The molecule has 54 valence electrons. The third-order valence-corrected chi connectivity index (χ3v) is 2.05. The van der Waals surface area contributed by atoms with E-state index in [9.17, 15) is 8.42 Å². The van der Waals surface area contributed by atoms with Gasteiger partial charge in [-0.25, -0.2) is 8.42 Å². The van der Waals surface area contributed by atoms with E-state index in [1.165, 1.54) is 12.2 Å². The normalized spacial score (nSPS) is 21.0. The van der Waals surface area contributed by atoms with Crippen LogP contribution in [0.5, 0.6) is 0 Å². The third kappa shape index (κ3) is 1.48. The van der Waals surface area contributed by atoms with Crippen LogP contribution in [0.2, 0.25) is 0 Å². The number of rotatable bonds is 1. The molecule has 1 heterocycles. The first-order chi connectivity index (χ1) is 4.64. The molecule has 0 spiro atoms. The van der Waals surface area contributed by atoms with E-state index in [-0.39, 0.29) is 0 Å². The summed E-state index contributed by atoms with van der Waals surface area (Å²) in [6, 6.07) is 0. The standard InChI is InChI=1S/C6H7NO2S/c1-2-6-4-3-5-10(8,9)7-6/h2-5,7H,1H2. The molecule has 4 heteroatoms. The molecule has 1 rings (SSSR count). The summed E-state index contributed by atoms with van der Waals surface area (Å²) in [6.45, 7) is 3.42. The van der Waals surface area contributed by atoms with Crippen molar-refractivity contribution in [3.05, 3.63) is 35.9 Å². The van der Waals surface area contributed by atoms with Crippen LogP contribution < -0.4 is 4.72 Å². The Morgan fingerprint density at radius 2 is 2.30 bits per heavy atom. The van der Waals surface area contributed by atoms with Crippen molar-refractivity contribution < 1.29 is 8.42 Å². The molecule has 0 atom stereocenters. The predicted molar refractivity (Wildman–Crippen MR) is 39.5 cm³/mol. The van der Waals surface area contributed by atoms with Gasteiger partial charge in [0.1, 0.15) is 0 Å². The van der Waals surface area contributed by atoms with Gasteiger partial charge in [0.25, 0.3) is 10.0 Å². The van der Waals surface area contributed by atoms with Crippen LogP contribution in [0, 0.1) is 0 Å². The van der Waals surface area contributed by atoms with Crippen LogP contribution in [-0.4, -0.2) is 8.42 Å². The van der Waals surface area contributed by atoms with Crippen LogP contribution in [-0.2, 0) is 10.0 Å². The maximum atomic E-state index is 10.7. The molecular formula is C6H7NO2S. The highest BCUT2D eigenvalue weighted by Crippen LogP contribution is 2.02. The molecule has 0 aromatic rings. The molecule has 0 aliphatic carbocycles. The zero-order valence-electron chi connectivity index (χ0n) is 5.24. The Bertz CT molecular complexity index is 298. The van der Waals surface area contributed by atoms with E-state index in [1.807, 2.05) is 0 Å². The Labute approximate surface area is 59.8 Å². The molecule has 1 aliphatic rings. The van der Waals surface area contributed by atoms with Crippen LogP contribution in [0.1, 0.15) is 0 Å². The van der Waals surface area contributed by atoms with E-state index >= 15 is 0 Å². The molecule has 10 heavy (non-hydrogen) atoms. The molecule has 0 radical (unpaired) electrons. The van der Waals surface area contributed by atoms with E-state index in [0.29, 0.717) is 5.70 Å². The zero-order chi connectivity index (χ0) is 7.61. The van der Waals surface area contributed by atoms with Crippen molar-refractivity contribution in [2.75, 3.05) is 0 Å². The second kappa shape index (κ2) is 2.30. The number of sulfonamides is 1. The molecule has 0 aromatic heterocycles. The molecule has 3 nitrogen and oxygen atoms in total. The third-order valence-electron chi connectivity index (χ3n) is 1.01. The van der Waals surface area contributed by atoms with Gasteiger partial charge in [0.2, 0.25) is 0 Å². The average molecular weight is 157 g/mol. The first-order valence-electron chi connectivity index (χ1n) is 2.68. The molecule has 0 unspecified atom stereocenters. The SMILES string of the molecule is C=CC1=CC=CS(=O)(=O)N1. The highest BCUT2D eigenvalue weighted by atomic mass is 32.2. The predicted octanol–water partition coefficient (Wildman–Crippen LogP) is 0.503. The van der Waals surface area contributed by atoms with Crippen molar-refractivity contribution in [2.45, 2.75) is 0 Å². The molecule has 0 saturated heterocycles. The minimum Gasteiger partial charge on any atom is -0.280 e. The van der Waals surface area contributed by atoms with Gasteiger partial charge >= 0.3 is 0 Å². The van der Waals surface area contributed by atoms with Crippen molar-refractivity contribution in [1.29, 1.82) is 0 Å². The van der Waals surface area contributed by atoms with Gasteiger partial charge in [-0.2, -0.15) is 0 Å². The van der Waals surface area contributed by atoms with Gasteiger partial charge < -0.3 is 0 Å². The highest BCUT2D eigenvalue weighted by molar-refractivity contribution is 7.92. The average Bonchev–Trinajstić information content (AvgIpc) is 1.86. The Morgan fingerprint density at radius 3 is 2.70 bits per heavy atom.